The first-order valence-electron chi connectivity index (χ1n) is 7.67. The Kier molecular flexibility index (Phi) is 4.56. The van der Waals surface area contributed by atoms with E-state index in [0.717, 1.165) is 11.1 Å². The van der Waals surface area contributed by atoms with E-state index in [0.29, 0.717) is 17.1 Å². The van der Waals surface area contributed by atoms with Crippen molar-refractivity contribution in [3.05, 3.63) is 76.1 Å². The number of aryl methyl sites for hydroxylation is 1. The first kappa shape index (κ1) is 16.4. The largest absolute Gasteiger partial charge is 0.345 e. The Morgan fingerprint density at radius 3 is 2.80 bits per heavy atom. The molecule has 25 heavy (non-hydrogen) atoms. The fourth-order valence-corrected chi connectivity index (χ4v) is 2.53. The van der Waals surface area contributed by atoms with Crippen molar-refractivity contribution in [2.75, 3.05) is 5.32 Å². The fraction of sp³-hybridized carbons (Fsp3) is 0.111. The molecule has 1 heterocycles. The van der Waals surface area contributed by atoms with Gasteiger partial charge in [-0.3, -0.25) is 14.9 Å². The van der Waals surface area contributed by atoms with E-state index in [9.17, 15) is 14.9 Å². The number of imidazole rings is 1. The molecule has 0 bridgehead atoms. The topological polar surface area (TPSA) is 101 Å². The molecule has 0 saturated carbocycles. The molecule has 2 N–H and O–H groups in total. The number of hydrogen-bond donors (Lipinski definition) is 2. The third-order valence-corrected chi connectivity index (χ3v) is 3.82. The van der Waals surface area contributed by atoms with E-state index in [-0.39, 0.29) is 18.0 Å². The van der Waals surface area contributed by atoms with Gasteiger partial charge in [0, 0.05) is 35.3 Å². The highest BCUT2D eigenvalue weighted by Gasteiger charge is 2.16. The summed E-state index contributed by atoms with van der Waals surface area (Å²) in [5, 5.41) is 13.9. The summed E-state index contributed by atoms with van der Waals surface area (Å²) in [6.45, 7) is 1.88. The van der Waals surface area contributed by atoms with Crippen LogP contribution in [0.2, 0.25) is 0 Å². The molecule has 7 heteroatoms. The Bertz CT molecular complexity index is 920. The van der Waals surface area contributed by atoms with Gasteiger partial charge < -0.3 is 10.3 Å². The van der Waals surface area contributed by atoms with Crippen molar-refractivity contribution >= 4 is 17.3 Å². The lowest BCUT2D eigenvalue weighted by molar-refractivity contribution is -0.385. The molecule has 0 radical (unpaired) electrons. The first-order valence-corrected chi connectivity index (χ1v) is 7.67. The molecule has 0 aliphatic rings. The second-order valence-electron chi connectivity index (χ2n) is 5.58. The summed E-state index contributed by atoms with van der Waals surface area (Å²) in [7, 11) is 0. The Labute approximate surface area is 143 Å². The van der Waals surface area contributed by atoms with Gasteiger partial charge in [-0.15, -0.1) is 0 Å². The lowest BCUT2D eigenvalue weighted by atomic mass is 10.1. The quantitative estimate of drug-likeness (QED) is 0.550. The average Bonchev–Trinajstić information content (AvgIpc) is 3.11. The molecule has 0 saturated heterocycles. The van der Waals surface area contributed by atoms with Crippen molar-refractivity contribution < 1.29 is 9.72 Å². The molecule has 0 atom stereocenters. The van der Waals surface area contributed by atoms with Crippen LogP contribution in [0.4, 0.5) is 11.4 Å². The second-order valence-corrected chi connectivity index (χ2v) is 5.58. The van der Waals surface area contributed by atoms with Crippen molar-refractivity contribution in [1.82, 2.24) is 9.97 Å². The summed E-state index contributed by atoms with van der Waals surface area (Å²) in [4.78, 5) is 30.1. The number of benzene rings is 2. The number of H-pyrrole nitrogens is 1. The molecule has 3 rings (SSSR count). The number of nitrogens with one attached hydrogen (secondary N) is 2. The lowest BCUT2D eigenvalue weighted by Gasteiger charge is -2.10. The van der Waals surface area contributed by atoms with Gasteiger partial charge in [-0.25, -0.2) is 4.98 Å². The summed E-state index contributed by atoms with van der Waals surface area (Å²) in [6, 6.07) is 11.9. The third-order valence-electron chi connectivity index (χ3n) is 3.82. The molecule has 0 aliphatic carbocycles. The molecular weight excluding hydrogens is 320 g/mol. The number of aromatic nitrogens is 2. The molecule has 0 unspecified atom stereocenters. The van der Waals surface area contributed by atoms with Crippen LogP contribution >= 0.6 is 0 Å². The van der Waals surface area contributed by atoms with Gasteiger partial charge in [-0.05, 0) is 18.6 Å². The molecule has 3 aromatic rings. The van der Waals surface area contributed by atoms with Gasteiger partial charge in [0.05, 0.1) is 11.3 Å². The summed E-state index contributed by atoms with van der Waals surface area (Å²) in [6.07, 6.45) is 3.31. The number of carbonyl (C=O) groups excluding carboxylic acids is 1. The number of rotatable bonds is 5. The van der Waals surface area contributed by atoms with Gasteiger partial charge in [0.15, 0.2) is 0 Å². The second kappa shape index (κ2) is 6.96. The number of nitro benzene ring substituents is 1. The van der Waals surface area contributed by atoms with Gasteiger partial charge in [-0.2, -0.15) is 0 Å². The zero-order valence-corrected chi connectivity index (χ0v) is 13.5. The average molecular weight is 336 g/mol. The van der Waals surface area contributed by atoms with Crippen molar-refractivity contribution in [3.8, 4) is 11.4 Å². The minimum Gasteiger partial charge on any atom is -0.345 e. The number of aromatic amines is 1. The molecule has 2 aromatic carbocycles. The van der Waals surface area contributed by atoms with Crippen molar-refractivity contribution in [1.29, 1.82) is 0 Å². The number of amides is 1. The zero-order chi connectivity index (χ0) is 17.8. The Balaban J connectivity index is 1.80. The number of para-hydroxylation sites is 1. The van der Waals surface area contributed by atoms with Gasteiger partial charge in [-0.1, -0.05) is 30.3 Å². The number of anilines is 1. The summed E-state index contributed by atoms with van der Waals surface area (Å²) in [5.41, 5.74) is 2.71. The molecule has 0 spiro atoms. The first-order chi connectivity index (χ1) is 12.0. The zero-order valence-electron chi connectivity index (χ0n) is 13.5. The maximum absolute atomic E-state index is 12.3. The predicted molar refractivity (Wildman–Crippen MR) is 94.2 cm³/mol. The molecule has 7 nitrogen and oxygen atoms in total. The van der Waals surface area contributed by atoms with E-state index in [1.165, 1.54) is 6.07 Å². The molecule has 0 aliphatic heterocycles. The van der Waals surface area contributed by atoms with Crippen LogP contribution in [0.15, 0.2) is 54.9 Å². The Morgan fingerprint density at radius 1 is 1.28 bits per heavy atom. The van der Waals surface area contributed by atoms with Crippen LogP contribution < -0.4 is 5.32 Å². The van der Waals surface area contributed by atoms with E-state index >= 15 is 0 Å². The van der Waals surface area contributed by atoms with Crippen molar-refractivity contribution in [2.45, 2.75) is 13.3 Å². The van der Waals surface area contributed by atoms with E-state index in [4.69, 9.17) is 0 Å². The van der Waals surface area contributed by atoms with Crippen molar-refractivity contribution in [3.63, 3.8) is 0 Å². The van der Waals surface area contributed by atoms with E-state index < -0.39 is 4.92 Å². The standard InChI is InChI=1S/C18H16N4O3/c1-12-6-7-14(18-19-8-9-20-18)10-15(12)21-17(23)11-13-4-2-3-5-16(13)22(24)25/h2-10H,11H2,1H3,(H,19,20)(H,21,23). The minimum absolute atomic E-state index is 0.0568. The number of carbonyl (C=O) groups is 1. The lowest BCUT2D eigenvalue weighted by Crippen LogP contribution is -2.16. The number of nitro groups is 1. The van der Waals surface area contributed by atoms with Gasteiger partial charge in [0.2, 0.25) is 5.91 Å². The summed E-state index contributed by atoms with van der Waals surface area (Å²) in [5.74, 6) is 0.392. The maximum atomic E-state index is 12.3. The normalized spacial score (nSPS) is 10.4. The minimum atomic E-state index is -0.481. The van der Waals surface area contributed by atoms with Crippen LogP contribution in [-0.4, -0.2) is 20.8 Å². The van der Waals surface area contributed by atoms with Gasteiger partial charge in [0.1, 0.15) is 5.82 Å². The van der Waals surface area contributed by atoms with Crippen LogP contribution in [0.5, 0.6) is 0 Å². The van der Waals surface area contributed by atoms with Crippen LogP contribution in [0.3, 0.4) is 0 Å². The smallest absolute Gasteiger partial charge is 0.273 e. The number of nitrogens with zero attached hydrogens (tertiary/aromatic N) is 2. The van der Waals surface area contributed by atoms with E-state index in [1.807, 2.05) is 25.1 Å². The highest BCUT2D eigenvalue weighted by Crippen LogP contribution is 2.24. The Hall–Kier alpha value is -3.48. The van der Waals surface area contributed by atoms with Crippen LogP contribution in [-0.2, 0) is 11.2 Å². The number of hydrogen-bond acceptors (Lipinski definition) is 4. The van der Waals surface area contributed by atoms with Crippen molar-refractivity contribution in [2.24, 2.45) is 0 Å². The van der Waals surface area contributed by atoms with Crippen LogP contribution in [0.25, 0.3) is 11.4 Å². The van der Waals surface area contributed by atoms with Crippen LogP contribution in [0.1, 0.15) is 11.1 Å². The maximum Gasteiger partial charge on any atom is 0.273 e. The summed E-state index contributed by atoms with van der Waals surface area (Å²) < 4.78 is 0. The van der Waals surface area contributed by atoms with Gasteiger partial charge >= 0.3 is 0 Å². The SMILES string of the molecule is Cc1ccc(-c2ncc[nH]2)cc1NC(=O)Cc1ccccc1[N+](=O)[O-]. The Morgan fingerprint density at radius 2 is 2.08 bits per heavy atom. The highest BCUT2D eigenvalue weighted by atomic mass is 16.6. The van der Waals surface area contributed by atoms with Crippen LogP contribution in [0, 0.1) is 17.0 Å². The third kappa shape index (κ3) is 3.72. The van der Waals surface area contributed by atoms with E-state index in [2.05, 4.69) is 15.3 Å². The monoisotopic (exact) mass is 336 g/mol. The van der Waals surface area contributed by atoms with Gasteiger partial charge in [0.25, 0.3) is 5.69 Å². The molecule has 1 aromatic heterocycles. The fourth-order valence-electron chi connectivity index (χ4n) is 2.53. The molecule has 126 valence electrons. The predicted octanol–water partition coefficient (Wildman–Crippen LogP) is 3.47. The molecule has 0 fully saturated rings. The molecular formula is C18H16N4O3. The summed E-state index contributed by atoms with van der Waals surface area (Å²) >= 11 is 0. The van der Waals surface area contributed by atoms with E-state index in [1.54, 1.807) is 30.6 Å². The molecule has 1 amide bonds. The highest BCUT2D eigenvalue weighted by molar-refractivity contribution is 5.94.